The Balaban J connectivity index is 2.38. The van der Waals surface area contributed by atoms with Gasteiger partial charge >= 0.3 is 0 Å². The first-order chi connectivity index (χ1) is 6.38. The molecule has 0 amide bonds. The Morgan fingerprint density at radius 3 is 2.46 bits per heavy atom. The highest BCUT2D eigenvalue weighted by Crippen LogP contribution is 2.31. The van der Waals surface area contributed by atoms with Gasteiger partial charge in [-0.3, -0.25) is 0 Å². The zero-order valence-corrected chi connectivity index (χ0v) is 8.67. The van der Waals surface area contributed by atoms with Crippen molar-refractivity contribution in [3.8, 4) is 0 Å². The van der Waals surface area contributed by atoms with E-state index in [0.717, 1.165) is 18.4 Å². The summed E-state index contributed by atoms with van der Waals surface area (Å²) >= 11 is 0. The van der Waals surface area contributed by atoms with Crippen LogP contribution in [0.1, 0.15) is 44.9 Å². The lowest BCUT2D eigenvalue weighted by atomic mass is 9.84. The van der Waals surface area contributed by atoms with Gasteiger partial charge in [0, 0.05) is 0 Å². The maximum absolute atomic E-state index is 5.81. The van der Waals surface area contributed by atoms with Gasteiger partial charge in [-0.1, -0.05) is 31.8 Å². The molecule has 1 nitrogen and oxygen atoms in total. The topological polar surface area (TPSA) is 26.0 Å². The molecule has 0 heterocycles. The molecule has 0 bridgehead atoms. The summed E-state index contributed by atoms with van der Waals surface area (Å²) in [6.07, 6.45) is 11.5. The third kappa shape index (κ3) is 3.51. The zero-order valence-electron chi connectivity index (χ0n) is 8.67. The highest BCUT2D eigenvalue weighted by Gasteiger charge is 2.21. The standard InChI is InChI=1S/C12H23N/c1-2-3-7-11-8-5-4-6-9-12(11)10-13/h2,11-12H,1,3-10,13H2. The predicted octanol–water partition coefficient (Wildman–Crippen LogP) is 3.11. The molecule has 76 valence electrons. The van der Waals surface area contributed by atoms with Crippen LogP contribution in [0.4, 0.5) is 0 Å². The van der Waals surface area contributed by atoms with Crippen molar-refractivity contribution in [3.63, 3.8) is 0 Å². The van der Waals surface area contributed by atoms with E-state index in [4.69, 9.17) is 5.73 Å². The Hall–Kier alpha value is -0.300. The normalized spacial score (nSPS) is 29.6. The van der Waals surface area contributed by atoms with Crippen molar-refractivity contribution in [1.82, 2.24) is 0 Å². The minimum absolute atomic E-state index is 0.794. The summed E-state index contributed by atoms with van der Waals surface area (Å²) in [5.74, 6) is 1.67. The summed E-state index contributed by atoms with van der Waals surface area (Å²) in [6, 6.07) is 0. The van der Waals surface area contributed by atoms with Gasteiger partial charge in [-0.05, 0) is 37.6 Å². The molecule has 0 aromatic rings. The Bertz CT molecular complexity index is 142. The van der Waals surface area contributed by atoms with Gasteiger partial charge in [0.05, 0.1) is 0 Å². The predicted molar refractivity (Wildman–Crippen MR) is 58.6 cm³/mol. The average Bonchev–Trinajstić information content (AvgIpc) is 2.39. The number of hydrogen-bond donors (Lipinski definition) is 1. The van der Waals surface area contributed by atoms with E-state index in [1.807, 2.05) is 6.08 Å². The van der Waals surface area contributed by atoms with Crippen LogP contribution in [0.5, 0.6) is 0 Å². The molecule has 13 heavy (non-hydrogen) atoms. The molecule has 1 saturated carbocycles. The molecule has 1 aliphatic rings. The Morgan fingerprint density at radius 2 is 1.85 bits per heavy atom. The second kappa shape index (κ2) is 6.20. The van der Waals surface area contributed by atoms with E-state index in [-0.39, 0.29) is 0 Å². The maximum Gasteiger partial charge on any atom is -0.00462 e. The Morgan fingerprint density at radius 1 is 1.15 bits per heavy atom. The molecule has 2 unspecified atom stereocenters. The fourth-order valence-electron chi connectivity index (χ4n) is 2.48. The molecule has 0 saturated heterocycles. The van der Waals surface area contributed by atoms with Crippen LogP contribution < -0.4 is 5.73 Å². The van der Waals surface area contributed by atoms with Gasteiger partial charge in [0.2, 0.25) is 0 Å². The molecule has 1 heteroatoms. The molecule has 1 rings (SSSR count). The molecule has 0 radical (unpaired) electrons. The van der Waals surface area contributed by atoms with E-state index < -0.39 is 0 Å². The second-order valence-corrected chi connectivity index (χ2v) is 4.26. The van der Waals surface area contributed by atoms with Crippen molar-refractivity contribution in [3.05, 3.63) is 12.7 Å². The van der Waals surface area contributed by atoms with Gasteiger partial charge in [-0.2, -0.15) is 0 Å². The summed E-state index contributed by atoms with van der Waals surface area (Å²) in [6.45, 7) is 4.68. The third-order valence-corrected chi connectivity index (χ3v) is 3.36. The van der Waals surface area contributed by atoms with Gasteiger partial charge in [-0.15, -0.1) is 6.58 Å². The van der Waals surface area contributed by atoms with Gasteiger partial charge in [0.25, 0.3) is 0 Å². The van der Waals surface area contributed by atoms with Gasteiger partial charge < -0.3 is 5.73 Å². The number of rotatable bonds is 4. The van der Waals surface area contributed by atoms with Crippen molar-refractivity contribution in [2.45, 2.75) is 44.9 Å². The molecule has 1 aliphatic carbocycles. The van der Waals surface area contributed by atoms with Crippen LogP contribution in [-0.4, -0.2) is 6.54 Å². The molecule has 0 aromatic heterocycles. The quantitative estimate of drug-likeness (QED) is 0.523. The van der Waals surface area contributed by atoms with Crippen LogP contribution in [-0.2, 0) is 0 Å². The second-order valence-electron chi connectivity index (χ2n) is 4.26. The van der Waals surface area contributed by atoms with Crippen molar-refractivity contribution < 1.29 is 0 Å². The van der Waals surface area contributed by atoms with Gasteiger partial charge in [0.15, 0.2) is 0 Å². The van der Waals surface area contributed by atoms with Crippen molar-refractivity contribution >= 4 is 0 Å². The maximum atomic E-state index is 5.81. The lowest BCUT2D eigenvalue weighted by molar-refractivity contribution is 0.303. The third-order valence-electron chi connectivity index (χ3n) is 3.36. The van der Waals surface area contributed by atoms with Gasteiger partial charge in [-0.25, -0.2) is 0 Å². The molecular weight excluding hydrogens is 158 g/mol. The molecule has 1 fully saturated rings. The zero-order chi connectivity index (χ0) is 9.52. The Kier molecular flexibility index (Phi) is 5.14. The number of hydrogen-bond acceptors (Lipinski definition) is 1. The first-order valence-corrected chi connectivity index (χ1v) is 5.69. The Labute approximate surface area is 82.4 Å². The molecule has 2 atom stereocenters. The van der Waals surface area contributed by atoms with Crippen LogP contribution >= 0.6 is 0 Å². The first-order valence-electron chi connectivity index (χ1n) is 5.69. The van der Waals surface area contributed by atoms with Crippen molar-refractivity contribution in [1.29, 1.82) is 0 Å². The van der Waals surface area contributed by atoms with Crippen LogP contribution in [0.25, 0.3) is 0 Å². The smallest absolute Gasteiger partial charge is 0.00462 e. The van der Waals surface area contributed by atoms with Crippen LogP contribution in [0.3, 0.4) is 0 Å². The van der Waals surface area contributed by atoms with E-state index in [1.54, 1.807) is 0 Å². The summed E-state index contributed by atoms with van der Waals surface area (Å²) in [7, 11) is 0. The lowest BCUT2D eigenvalue weighted by Gasteiger charge is -2.23. The van der Waals surface area contributed by atoms with Crippen molar-refractivity contribution in [2.75, 3.05) is 6.54 Å². The largest absolute Gasteiger partial charge is 0.330 e. The number of allylic oxidation sites excluding steroid dienone is 1. The summed E-state index contributed by atoms with van der Waals surface area (Å²) in [5, 5.41) is 0. The lowest BCUT2D eigenvalue weighted by Crippen LogP contribution is -2.22. The van der Waals surface area contributed by atoms with E-state index in [0.29, 0.717) is 0 Å². The average molecular weight is 181 g/mol. The first kappa shape index (κ1) is 10.8. The SMILES string of the molecule is C=CCCC1CCCCCC1CN. The molecular formula is C12H23N. The monoisotopic (exact) mass is 181 g/mol. The van der Waals surface area contributed by atoms with Crippen LogP contribution in [0, 0.1) is 11.8 Å². The molecule has 0 aliphatic heterocycles. The summed E-state index contributed by atoms with van der Waals surface area (Å²) in [5.41, 5.74) is 5.81. The van der Waals surface area contributed by atoms with E-state index in [9.17, 15) is 0 Å². The van der Waals surface area contributed by atoms with Crippen LogP contribution in [0.2, 0.25) is 0 Å². The van der Waals surface area contributed by atoms with E-state index >= 15 is 0 Å². The minimum atomic E-state index is 0.794. The fraction of sp³-hybridized carbons (Fsp3) is 0.833. The highest BCUT2D eigenvalue weighted by atomic mass is 14.6. The molecule has 2 N–H and O–H groups in total. The molecule has 0 spiro atoms. The fourth-order valence-corrected chi connectivity index (χ4v) is 2.48. The molecule has 0 aromatic carbocycles. The highest BCUT2D eigenvalue weighted by molar-refractivity contribution is 4.77. The van der Waals surface area contributed by atoms with E-state index in [1.165, 1.54) is 44.9 Å². The van der Waals surface area contributed by atoms with Crippen molar-refractivity contribution in [2.24, 2.45) is 17.6 Å². The summed E-state index contributed by atoms with van der Waals surface area (Å²) < 4.78 is 0. The van der Waals surface area contributed by atoms with Gasteiger partial charge in [0.1, 0.15) is 0 Å². The minimum Gasteiger partial charge on any atom is -0.330 e. The van der Waals surface area contributed by atoms with Crippen LogP contribution in [0.15, 0.2) is 12.7 Å². The summed E-state index contributed by atoms with van der Waals surface area (Å²) in [4.78, 5) is 0. The number of nitrogens with two attached hydrogens (primary N) is 1. The van der Waals surface area contributed by atoms with E-state index in [2.05, 4.69) is 6.58 Å².